The molecule has 0 aromatic heterocycles. The number of nitrogens with two attached hydrogens (primary N) is 1. The number of nitrogens with one attached hydrogen (secondary N) is 1. The lowest BCUT2D eigenvalue weighted by Crippen LogP contribution is -2.13. The fourth-order valence-electron chi connectivity index (χ4n) is 0.989. The minimum absolute atomic E-state index is 0.116. The standard InChI is InChI=1S/C10H12N2O2S/c11-10(14)15-7-6-9(13)12-8-4-2-1-3-5-8/h1-5H,6-7H2,(H2,11,14)(H,12,13). The second-order valence-electron chi connectivity index (χ2n) is 2.83. The number of hydrogen-bond acceptors (Lipinski definition) is 3. The molecule has 2 amide bonds. The molecular weight excluding hydrogens is 212 g/mol. The first kappa shape index (κ1) is 11.6. The molecule has 0 bridgehead atoms. The molecule has 1 aromatic carbocycles. The number of carbonyl (C=O) groups is 2. The summed E-state index contributed by atoms with van der Waals surface area (Å²) in [4.78, 5) is 21.7. The topological polar surface area (TPSA) is 72.2 Å². The maximum Gasteiger partial charge on any atom is 0.276 e. The highest BCUT2D eigenvalue weighted by molar-refractivity contribution is 8.13. The summed E-state index contributed by atoms with van der Waals surface area (Å²) < 4.78 is 0. The maximum absolute atomic E-state index is 11.3. The molecule has 0 saturated heterocycles. The van der Waals surface area contributed by atoms with E-state index in [9.17, 15) is 9.59 Å². The maximum atomic E-state index is 11.3. The van der Waals surface area contributed by atoms with Crippen molar-refractivity contribution < 1.29 is 9.59 Å². The molecule has 0 radical (unpaired) electrons. The average molecular weight is 224 g/mol. The van der Waals surface area contributed by atoms with Gasteiger partial charge in [0, 0.05) is 17.9 Å². The zero-order chi connectivity index (χ0) is 11.1. The van der Waals surface area contributed by atoms with Crippen molar-refractivity contribution in [3.05, 3.63) is 30.3 Å². The Morgan fingerprint density at radius 1 is 1.27 bits per heavy atom. The Balaban J connectivity index is 2.28. The lowest BCUT2D eigenvalue weighted by molar-refractivity contribution is -0.115. The van der Waals surface area contributed by atoms with Crippen molar-refractivity contribution in [2.45, 2.75) is 6.42 Å². The van der Waals surface area contributed by atoms with Crippen LogP contribution in [0.2, 0.25) is 0 Å². The Hall–Kier alpha value is -1.49. The fraction of sp³-hybridized carbons (Fsp3) is 0.200. The largest absolute Gasteiger partial charge is 0.361 e. The van der Waals surface area contributed by atoms with E-state index in [1.165, 1.54) is 0 Å². The third-order valence-electron chi connectivity index (χ3n) is 1.63. The van der Waals surface area contributed by atoms with Crippen LogP contribution in [0, 0.1) is 0 Å². The van der Waals surface area contributed by atoms with E-state index in [1.54, 1.807) is 12.1 Å². The number of para-hydroxylation sites is 1. The lowest BCUT2D eigenvalue weighted by Gasteiger charge is -2.03. The predicted molar refractivity (Wildman–Crippen MR) is 61.7 cm³/mol. The second-order valence-corrected chi connectivity index (χ2v) is 3.93. The molecule has 0 unspecified atom stereocenters. The molecule has 15 heavy (non-hydrogen) atoms. The first-order valence-corrected chi connectivity index (χ1v) is 5.44. The number of benzene rings is 1. The molecule has 80 valence electrons. The smallest absolute Gasteiger partial charge is 0.276 e. The van der Waals surface area contributed by atoms with Gasteiger partial charge in [-0.1, -0.05) is 30.0 Å². The number of amides is 2. The fourth-order valence-corrected chi connectivity index (χ4v) is 1.48. The predicted octanol–water partition coefficient (Wildman–Crippen LogP) is 1.83. The van der Waals surface area contributed by atoms with Crippen molar-refractivity contribution in [1.82, 2.24) is 0 Å². The summed E-state index contributed by atoms with van der Waals surface area (Å²) in [6.07, 6.45) is 0.280. The summed E-state index contributed by atoms with van der Waals surface area (Å²) in [7, 11) is 0. The van der Waals surface area contributed by atoms with E-state index in [2.05, 4.69) is 5.32 Å². The van der Waals surface area contributed by atoms with Crippen LogP contribution in [-0.4, -0.2) is 16.9 Å². The molecular formula is C10H12N2O2S. The van der Waals surface area contributed by atoms with Gasteiger partial charge in [-0.25, -0.2) is 0 Å². The summed E-state index contributed by atoms with van der Waals surface area (Å²) in [5.41, 5.74) is 5.68. The van der Waals surface area contributed by atoms with Gasteiger partial charge in [-0.15, -0.1) is 0 Å². The normalized spacial score (nSPS) is 9.60. The van der Waals surface area contributed by atoms with Crippen LogP contribution in [0.25, 0.3) is 0 Å². The quantitative estimate of drug-likeness (QED) is 0.819. The highest BCUT2D eigenvalue weighted by Gasteiger charge is 2.03. The first-order chi connectivity index (χ1) is 7.18. The average Bonchev–Trinajstić information content (AvgIpc) is 2.18. The highest BCUT2D eigenvalue weighted by Crippen LogP contribution is 2.07. The molecule has 0 saturated carbocycles. The molecule has 0 aliphatic carbocycles. The Morgan fingerprint density at radius 2 is 1.93 bits per heavy atom. The summed E-state index contributed by atoms with van der Waals surface area (Å²) in [5, 5.41) is 2.26. The molecule has 0 aliphatic heterocycles. The van der Waals surface area contributed by atoms with Crippen LogP contribution in [0.1, 0.15) is 6.42 Å². The van der Waals surface area contributed by atoms with Gasteiger partial charge in [0.2, 0.25) is 5.91 Å². The number of thioether (sulfide) groups is 1. The molecule has 1 aromatic rings. The number of anilines is 1. The molecule has 3 N–H and O–H groups in total. The Morgan fingerprint density at radius 3 is 2.53 bits per heavy atom. The Labute approximate surface area is 92.2 Å². The zero-order valence-electron chi connectivity index (χ0n) is 8.10. The van der Waals surface area contributed by atoms with E-state index < -0.39 is 5.24 Å². The van der Waals surface area contributed by atoms with E-state index in [4.69, 9.17) is 5.73 Å². The van der Waals surface area contributed by atoms with Gasteiger partial charge in [-0.3, -0.25) is 9.59 Å². The number of primary amides is 1. The molecule has 0 heterocycles. The molecule has 0 atom stereocenters. The minimum atomic E-state index is -0.456. The zero-order valence-corrected chi connectivity index (χ0v) is 8.92. The molecule has 4 nitrogen and oxygen atoms in total. The van der Waals surface area contributed by atoms with Crippen molar-refractivity contribution in [1.29, 1.82) is 0 Å². The SMILES string of the molecule is NC(=O)SCCC(=O)Nc1ccccc1. The van der Waals surface area contributed by atoms with Gasteiger partial charge in [0.1, 0.15) is 0 Å². The summed E-state index contributed by atoms with van der Waals surface area (Å²) in [5.74, 6) is 0.295. The molecule has 0 aliphatic rings. The van der Waals surface area contributed by atoms with Crippen LogP contribution < -0.4 is 11.1 Å². The third-order valence-corrected chi connectivity index (χ3v) is 2.32. The molecule has 0 spiro atoms. The van der Waals surface area contributed by atoms with Crippen LogP contribution in [0.3, 0.4) is 0 Å². The highest BCUT2D eigenvalue weighted by atomic mass is 32.2. The Kier molecular flexibility index (Phi) is 4.70. The van der Waals surface area contributed by atoms with Crippen molar-refractivity contribution in [2.24, 2.45) is 5.73 Å². The van der Waals surface area contributed by atoms with Crippen LogP contribution in [0.5, 0.6) is 0 Å². The van der Waals surface area contributed by atoms with Gasteiger partial charge in [0.05, 0.1) is 0 Å². The minimum Gasteiger partial charge on any atom is -0.361 e. The van der Waals surface area contributed by atoms with Gasteiger partial charge in [-0.2, -0.15) is 0 Å². The summed E-state index contributed by atoms with van der Waals surface area (Å²) >= 11 is 0.948. The second kappa shape index (κ2) is 6.08. The lowest BCUT2D eigenvalue weighted by atomic mass is 10.3. The van der Waals surface area contributed by atoms with Crippen molar-refractivity contribution >= 4 is 28.6 Å². The van der Waals surface area contributed by atoms with Crippen LogP contribution >= 0.6 is 11.8 Å². The summed E-state index contributed by atoms with van der Waals surface area (Å²) in [6, 6.07) is 9.17. The van der Waals surface area contributed by atoms with Gasteiger partial charge in [-0.05, 0) is 12.1 Å². The van der Waals surface area contributed by atoms with Crippen molar-refractivity contribution in [3.63, 3.8) is 0 Å². The number of rotatable bonds is 4. The van der Waals surface area contributed by atoms with E-state index >= 15 is 0 Å². The van der Waals surface area contributed by atoms with Crippen LogP contribution in [-0.2, 0) is 4.79 Å². The van der Waals surface area contributed by atoms with E-state index in [-0.39, 0.29) is 12.3 Å². The summed E-state index contributed by atoms with van der Waals surface area (Å²) in [6.45, 7) is 0. The van der Waals surface area contributed by atoms with Gasteiger partial charge >= 0.3 is 0 Å². The van der Waals surface area contributed by atoms with Gasteiger partial charge in [0.25, 0.3) is 5.24 Å². The third kappa shape index (κ3) is 5.07. The van der Waals surface area contributed by atoms with E-state index in [0.29, 0.717) is 5.75 Å². The Bertz CT molecular complexity index is 341. The van der Waals surface area contributed by atoms with Crippen molar-refractivity contribution in [3.8, 4) is 0 Å². The molecule has 1 rings (SSSR count). The molecule has 0 fully saturated rings. The first-order valence-electron chi connectivity index (χ1n) is 4.45. The van der Waals surface area contributed by atoms with Gasteiger partial charge in [0.15, 0.2) is 0 Å². The van der Waals surface area contributed by atoms with Crippen molar-refractivity contribution in [2.75, 3.05) is 11.1 Å². The number of hydrogen-bond donors (Lipinski definition) is 2. The van der Waals surface area contributed by atoms with E-state index in [1.807, 2.05) is 18.2 Å². The molecule has 5 heteroatoms. The van der Waals surface area contributed by atoms with Crippen LogP contribution in [0.15, 0.2) is 30.3 Å². The monoisotopic (exact) mass is 224 g/mol. The van der Waals surface area contributed by atoms with E-state index in [0.717, 1.165) is 17.4 Å². The number of carbonyl (C=O) groups excluding carboxylic acids is 2. The van der Waals surface area contributed by atoms with Crippen LogP contribution in [0.4, 0.5) is 10.5 Å². The van der Waals surface area contributed by atoms with Gasteiger partial charge < -0.3 is 11.1 Å².